The summed E-state index contributed by atoms with van der Waals surface area (Å²) < 4.78 is 1.90. The Morgan fingerprint density at radius 1 is 1.25 bits per heavy atom. The Kier molecular flexibility index (Phi) is 4.84. The number of rotatable bonds is 6. The Morgan fingerprint density at radius 3 is 2.55 bits per heavy atom. The van der Waals surface area contributed by atoms with Crippen LogP contribution in [-0.4, -0.2) is 15.1 Å². The van der Waals surface area contributed by atoms with Gasteiger partial charge < -0.3 is 9.88 Å². The highest BCUT2D eigenvalue weighted by molar-refractivity contribution is 6.29. The first-order chi connectivity index (χ1) is 9.48. The van der Waals surface area contributed by atoms with Gasteiger partial charge in [0.25, 0.3) is 0 Å². The molecule has 0 fully saturated rings. The maximum Gasteiger partial charge on any atom is 0.128 e. The molecule has 20 heavy (non-hydrogen) atoms. The van der Waals surface area contributed by atoms with E-state index >= 15 is 0 Å². The van der Waals surface area contributed by atoms with Crippen LogP contribution in [0.4, 0.5) is 0 Å². The molecule has 4 heteroatoms. The molecule has 0 amide bonds. The largest absolute Gasteiger partial charge is 0.321 e. The molecule has 0 aliphatic rings. The number of nitrogens with one attached hydrogen (secondary N) is 1. The first kappa shape index (κ1) is 15.1. The van der Waals surface area contributed by atoms with Crippen LogP contribution in [0, 0.1) is 0 Å². The molecule has 0 radical (unpaired) electrons. The first-order valence-electron chi connectivity index (χ1n) is 6.93. The molecule has 0 aliphatic heterocycles. The molecule has 108 valence electrons. The Balaban J connectivity index is 1.86. The molecule has 0 spiro atoms. The van der Waals surface area contributed by atoms with Gasteiger partial charge in [0.2, 0.25) is 0 Å². The normalized spacial score (nSPS) is 11.8. The van der Waals surface area contributed by atoms with E-state index in [1.54, 1.807) is 6.20 Å². The Morgan fingerprint density at radius 2 is 1.95 bits per heavy atom. The maximum atomic E-state index is 5.99. The number of halogens is 1. The second-order valence-corrected chi connectivity index (χ2v) is 6.17. The maximum absolute atomic E-state index is 5.99. The molecular weight excluding hydrogens is 270 g/mol. The van der Waals surface area contributed by atoms with Gasteiger partial charge in [-0.3, -0.25) is 0 Å². The van der Waals surface area contributed by atoms with Crippen LogP contribution in [0.25, 0.3) is 0 Å². The van der Waals surface area contributed by atoms with E-state index in [-0.39, 0.29) is 5.54 Å². The molecule has 2 rings (SSSR count). The van der Waals surface area contributed by atoms with Crippen LogP contribution in [0.3, 0.4) is 0 Å². The summed E-state index contributed by atoms with van der Waals surface area (Å²) in [4.78, 5) is 4.31. The van der Waals surface area contributed by atoms with Crippen molar-refractivity contribution in [1.29, 1.82) is 0 Å². The van der Waals surface area contributed by atoms with Crippen molar-refractivity contribution in [2.24, 2.45) is 7.05 Å². The highest BCUT2D eigenvalue weighted by Crippen LogP contribution is 2.15. The van der Waals surface area contributed by atoms with Gasteiger partial charge in [-0.05, 0) is 32.3 Å². The summed E-state index contributed by atoms with van der Waals surface area (Å²) in [7, 11) is 1.93. The van der Waals surface area contributed by atoms with E-state index in [0.29, 0.717) is 5.15 Å². The highest BCUT2D eigenvalue weighted by atomic mass is 35.5. The summed E-state index contributed by atoms with van der Waals surface area (Å²) in [6, 6.07) is 10.6. The van der Waals surface area contributed by atoms with Crippen molar-refractivity contribution in [3.8, 4) is 0 Å². The van der Waals surface area contributed by atoms with Crippen LogP contribution in [0.15, 0.2) is 36.5 Å². The Labute approximate surface area is 126 Å². The van der Waals surface area contributed by atoms with E-state index in [9.17, 15) is 0 Å². The second-order valence-electron chi connectivity index (χ2n) is 5.78. The van der Waals surface area contributed by atoms with Crippen molar-refractivity contribution in [3.05, 3.63) is 53.1 Å². The zero-order chi connectivity index (χ0) is 14.6. The average Bonchev–Trinajstić information content (AvgIpc) is 2.76. The monoisotopic (exact) mass is 291 g/mol. The average molecular weight is 292 g/mol. The summed E-state index contributed by atoms with van der Waals surface area (Å²) in [6.45, 7) is 5.17. The zero-order valence-corrected chi connectivity index (χ0v) is 13.1. The fourth-order valence-electron chi connectivity index (χ4n) is 2.10. The third kappa shape index (κ3) is 4.09. The second kappa shape index (κ2) is 6.42. The van der Waals surface area contributed by atoms with Gasteiger partial charge in [0.15, 0.2) is 0 Å². The fourth-order valence-corrected chi connectivity index (χ4v) is 2.24. The molecule has 1 aromatic heterocycles. The lowest BCUT2D eigenvalue weighted by atomic mass is 9.95. The fraction of sp³-hybridized carbons (Fsp3) is 0.438. The summed E-state index contributed by atoms with van der Waals surface area (Å²) in [5.74, 6) is 0.961. The smallest absolute Gasteiger partial charge is 0.128 e. The SMILES string of the molecule is Cn1c(Cl)cnc1CNC(C)(C)CCc1ccccc1. The van der Waals surface area contributed by atoms with Crippen LogP contribution >= 0.6 is 11.6 Å². The van der Waals surface area contributed by atoms with E-state index in [4.69, 9.17) is 11.6 Å². The summed E-state index contributed by atoms with van der Waals surface area (Å²) in [6.07, 6.45) is 3.84. The third-order valence-corrected chi connectivity index (χ3v) is 3.99. The van der Waals surface area contributed by atoms with E-state index in [0.717, 1.165) is 25.2 Å². The number of benzene rings is 1. The van der Waals surface area contributed by atoms with Gasteiger partial charge in [-0.1, -0.05) is 41.9 Å². The van der Waals surface area contributed by atoms with Crippen LogP contribution in [-0.2, 0) is 20.0 Å². The van der Waals surface area contributed by atoms with Crippen molar-refractivity contribution in [1.82, 2.24) is 14.9 Å². The van der Waals surface area contributed by atoms with Crippen LogP contribution < -0.4 is 5.32 Å². The van der Waals surface area contributed by atoms with Gasteiger partial charge in [-0.25, -0.2) is 4.98 Å². The predicted molar refractivity (Wildman–Crippen MR) is 83.9 cm³/mol. The van der Waals surface area contributed by atoms with Crippen LogP contribution in [0.2, 0.25) is 5.15 Å². The number of hydrogen-bond acceptors (Lipinski definition) is 2. The number of hydrogen-bond donors (Lipinski definition) is 1. The lowest BCUT2D eigenvalue weighted by molar-refractivity contribution is 0.354. The minimum Gasteiger partial charge on any atom is -0.321 e. The van der Waals surface area contributed by atoms with Crippen molar-refractivity contribution in [2.75, 3.05) is 0 Å². The van der Waals surface area contributed by atoms with Crippen LogP contribution in [0.1, 0.15) is 31.7 Å². The minimum absolute atomic E-state index is 0.0638. The van der Waals surface area contributed by atoms with Gasteiger partial charge >= 0.3 is 0 Å². The molecule has 0 aliphatic carbocycles. The number of aromatic nitrogens is 2. The Bertz CT molecular complexity index is 546. The van der Waals surface area contributed by atoms with Gasteiger partial charge in [-0.15, -0.1) is 0 Å². The Hall–Kier alpha value is -1.32. The van der Waals surface area contributed by atoms with E-state index in [1.807, 2.05) is 11.6 Å². The molecular formula is C16H22ClN3. The summed E-state index contributed by atoms with van der Waals surface area (Å²) >= 11 is 5.99. The molecule has 0 atom stereocenters. The van der Waals surface area contributed by atoms with Crippen molar-refractivity contribution >= 4 is 11.6 Å². The van der Waals surface area contributed by atoms with E-state index < -0.39 is 0 Å². The quantitative estimate of drug-likeness (QED) is 0.882. The molecule has 3 nitrogen and oxygen atoms in total. The zero-order valence-electron chi connectivity index (χ0n) is 12.4. The molecule has 2 aromatic rings. The van der Waals surface area contributed by atoms with Gasteiger partial charge in [0.05, 0.1) is 12.7 Å². The number of imidazole rings is 1. The molecule has 1 heterocycles. The summed E-state index contributed by atoms with van der Waals surface area (Å²) in [5.41, 5.74) is 1.44. The molecule has 1 aromatic carbocycles. The van der Waals surface area contributed by atoms with Gasteiger partial charge in [0.1, 0.15) is 11.0 Å². The lowest BCUT2D eigenvalue weighted by Gasteiger charge is -2.26. The van der Waals surface area contributed by atoms with Gasteiger partial charge in [0, 0.05) is 12.6 Å². The van der Waals surface area contributed by atoms with Gasteiger partial charge in [-0.2, -0.15) is 0 Å². The lowest BCUT2D eigenvalue weighted by Crippen LogP contribution is -2.39. The molecule has 0 bridgehead atoms. The standard InChI is InChI=1S/C16H22ClN3/c1-16(2,10-9-13-7-5-4-6-8-13)19-12-15-18-11-14(17)20(15)3/h4-8,11,19H,9-10,12H2,1-3H3. The topological polar surface area (TPSA) is 29.9 Å². The minimum atomic E-state index is 0.0638. The summed E-state index contributed by atoms with van der Waals surface area (Å²) in [5, 5.41) is 4.23. The van der Waals surface area contributed by atoms with Crippen molar-refractivity contribution in [3.63, 3.8) is 0 Å². The molecule has 0 saturated heterocycles. The molecule has 0 unspecified atom stereocenters. The molecule has 0 saturated carbocycles. The van der Waals surface area contributed by atoms with Crippen molar-refractivity contribution < 1.29 is 0 Å². The number of nitrogens with zero attached hydrogens (tertiary/aromatic N) is 2. The van der Waals surface area contributed by atoms with Crippen molar-refractivity contribution in [2.45, 2.75) is 38.8 Å². The number of aryl methyl sites for hydroxylation is 1. The van der Waals surface area contributed by atoms with Crippen LogP contribution in [0.5, 0.6) is 0 Å². The van der Waals surface area contributed by atoms with E-state index in [1.165, 1.54) is 5.56 Å². The predicted octanol–water partition coefficient (Wildman–Crippen LogP) is 3.57. The highest BCUT2D eigenvalue weighted by Gasteiger charge is 2.18. The first-order valence-corrected chi connectivity index (χ1v) is 7.31. The van der Waals surface area contributed by atoms with E-state index in [2.05, 4.69) is 54.5 Å². The molecule has 1 N–H and O–H groups in total. The third-order valence-electron chi connectivity index (χ3n) is 3.63.